The summed E-state index contributed by atoms with van der Waals surface area (Å²) in [6.45, 7) is -0.612. The van der Waals surface area contributed by atoms with Crippen LogP contribution >= 0.6 is 15.6 Å². The molecule has 4 heterocycles. The summed E-state index contributed by atoms with van der Waals surface area (Å²) in [6.07, 6.45) is -1.14. The first-order chi connectivity index (χ1) is 26.3. The molecule has 0 aliphatic carbocycles. The fourth-order valence-electron chi connectivity index (χ4n) is 5.70. The second-order valence-electron chi connectivity index (χ2n) is 12.5. The van der Waals surface area contributed by atoms with E-state index in [1.165, 1.54) is 10.9 Å². The number of hydrogen-bond acceptors (Lipinski definition) is 15. The van der Waals surface area contributed by atoms with Crippen molar-refractivity contribution in [2.45, 2.75) is 69.9 Å². The Morgan fingerprint density at radius 2 is 1.71 bits per heavy atom. The number of H-pyrrole nitrogens is 1. The first-order valence-electron chi connectivity index (χ1n) is 17.0. The number of unbranched alkanes of at least 4 members (excludes halogenated alkanes) is 2. The fourth-order valence-corrected chi connectivity index (χ4v) is 7.75. The molecule has 0 radical (unpaired) electrons. The number of aromatic nitrogens is 7. The minimum absolute atomic E-state index is 0.0547. The summed E-state index contributed by atoms with van der Waals surface area (Å²) in [4.78, 5) is 54.6. The smallest absolute Gasteiger partial charge is 0.387 e. The number of aromatic amines is 1. The number of benzene rings is 2. The van der Waals surface area contributed by atoms with Crippen molar-refractivity contribution in [1.29, 1.82) is 0 Å². The van der Waals surface area contributed by atoms with Crippen LogP contribution in [0, 0.1) is 0 Å². The van der Waals surface area contributed by atoms with Crippen LogP contribution in [0.15, 0.2) is 71.9 Å². The lowest BCUT2D eigenvalue weighted by molar-refractivity contribution is -0.121. The number of amides is 1. The summed E-state index contributed by atoms with van der Waals surface area (Å²) in [5.41, 5.74) is 8.09. The van der Waals surface area contributed by atoms with Crippen molar-refractivity contribution in [2.24, 2.45) is 0 Å². The SMILES string of the molecule is Nc1nc2c(ncn2C2O[C@H](COP(=O)(O)OP(=O)(O)OCc3cn(CCCCCC(=O)NCc4ccc(-c5ccccc5)cc4)nn3)[C@@H](O)[C@H]2O)c(=O)[nH]1. The molecule has 3 aromatic heterocycles. The van der Waals surface area contributed by atoms with Crippen molar-refractivity contribution in [3.05, 3.63) is 88.7 Å². The standard InChI is InChI=1S/C32H39N9O12P2/c33-32-36-29-26(30(45)37-32)35-19-41(29)31-28(44)27(43)24(52-31)18-51-55(48,49)53-54(46,47)50-17-23-16-40(39-38-23)14-6-2-5-9-25(42)34-15-20-10-12-22(13-11-20)21-7-3-1-4-8-21/h1,3-4,7-8,10-13,16,19,24,27-28,31,43-44H,2,5-6,9,14-15,17-18H2,(H,34,42)(H,46,47)(H,48,49)(H3,33,36,37,45)/t24-,27-,28-,31?/m1/s1. The molecule has 3 unspecified atom stereocenters. The second-order valence-corrected chi connectivity index (χ2v) is 15.6. The lowest BCUT2D eigenvalue weighted by atomic mass is 10.0. The zero-order chi connectivity index (χ0) is 39.2. The Balaban J connectivity index is 0.874. The Hall–Kier alpha value is -4.66. The van der Waals surface area contributed by atoms with Crippen LogP contribution in [0.1, 0.15) is 43.2 Å². The number of imidazole rings is 1. The largest absolute Gasteiger partial charge is 0.481 e. The van der Waals surface area contributed by atoms with Crippen molar-refractivity contribution in [3.8, 4) is 11.1 Å². The van der Waals surface area contributed by atoms with E-state index in [-0.39, 0.29) is 28.7 Å². The monoisotopic (exact) mass is 803 g/mol. The average molecular weight is 804 g/mol. The van der Waals surface area contributed by atoms with Gasteiger partial charge in [-0.05, 0) is 29.5 Å². The summed E-state index contributed by atoms with van der Waals surface area (Å²) in [6, 6.07) is 18.1. The molecule has 1 fully saturated rings. The maximum absolute atomic E-state index is 12.5. The number of carbonyl (C=O) groups excluding carboxylic acids is 1. The Labute approximate surface area is 312 Å². The van der Waals surface area contributed by atoms with E-state index >= 15 is 0 Å². The number of aryl methyl sites for hydroxylation is 1. The van der Waals surface area contributed by atoms with Crippen LogP contribution in [0.3, 0.4) is 0 Å². The molecule has 8 N–H and O–H groups in total. The van der Waals surface area contributed by atoms with Gasteiger partial charge in [0.2, 0.25) is 11.9 Å². The molecule has 6 atom stereocenters. The number of anilines is 1. The van der Waals surface area contributed by atoms with Crippen molar-refractivity contribution in [2.75, 3.05) is 12.3 Å². The molecule has 1 aliphatic rings. The maximum atomic E-state index is 12.5. The van der Waals surface area contributed by atoms with Crippen LogP contribution < -0.4 is 16.6 Å². The van der Waals surface area contributed by atoms with Crippen molar-refractivity contribution in [3.63, 3.8) is 0 Å². The third kappa shape index (κ3) is 10.6. The molecule has 21 nitrogen and oxygen atoms in total. The molecule has 6 rings (SSSR count). The van der Waals surface area contributed by atoms with Crippen LogP contribution in [-0.4, -0.2) is 85.3 Å². The number of nitrogen functional groups attached to an aromatic ring is 1. The van der Waals surface area contributed by atoms with Gasteiger partial charge in [-0.25, -0.2) is 14.1 Å². The number of aliphatic hydroxyl groups is 2. The number of nitrogens with one attached hydrogen (secondary N) is 2. The van der Waals surface area contributed by atoms with Gasteiger partial charge >= 0.3 is 15.6 Å². The fraction of sp³-hybridized carbons (Fsp3) is 0.375. The van der Waals surface area contributed by atoms with Gasteiger partial charge in [-0.1, -0.05) is 66.2 Å². The van der Waals surface area contributed by atoms with Gasteiger partial charge in [-0.15, -0.1) is 5.10 Å². The second kappa shape index (κ2) is 17.4. The highest BCUT2D eigenvalue weighted by atomic mass is 31.3. The number of ether oxygens (including phenoxy) is 1. The number of hydrogen-bond donors (Lipinski definition) is 7. The molecule has 1 amide bonds. The zero-order valence-corrected chi connectivity index (χ0v) is 30.8. The van der Waals surface area contributed by atoms with Gasteiger partial charge in [-0.2, -0.15) is 9.29 Å². The minimum atomic E-state index is -5.30. The van der Waals surface area contributed by atoms with E-state index in [1.54, 1.807) is 0 Å². The van der Waals surface area contributed by atoms with Crippen LogP contribution in [0.5, 0.6) is 0 Å². The van der Waals surface area contributed by atoms with Gasteiger partial charge in [-0.3, -0.25) is 32.9 Å². The number of phosphoric ester groups is 2. The maximum Gasteiger partial charge on any atom is 0.481 e. The summed E-state index contributed by atoms with van der Waals surface area (Å²) in [7, 11) is -10.5. The number of rotatable bonds is 18. The van der Waals surface area contributed by atoms with E-state index in [0.29, 0.717) is 32.4 Å². The van der Waals surface area contributed by atoms with E-state index < -0.39 is 59.0 Å². The van der Waals surface area contributed by atoms with E-state index in [4.69, 9.17) is 19.5 Å². The molecule has 2 aromatic carbocycles. The number of phosphoric acid groups is 2. The van der Waals surface area contributed by atoms with E-state index in [0.717, 1.165) is 34.0 Å². The summed E-state index contributed by atoms with van der Waals surface area (Å²) < 4.78 is 47.0. The molecule has 55 heavy (non-hydrogen) atoms. The first-order valence-corrected chi connectivity index (χ1v) is 20.0. The number of carbonyl (C=O) groups is 1. The highest BCUT2D eigenvalue weighted by molar-refractivity contribution is 7.61. The van der Waals surface area contributed by atoms with Gasteiger partial charge in [0.1, 0.15) is 30.6 Å². The Kier molecular flexibility index (Phi) is 12.7. The molecule has 1 saturated heterocycles. The molecular formula is C32H39N9O12P2. The zero-order valence-electron chi connectivity index (χ0n) is 29.0. The van der Waals surface area contributed by atoms with E-state index in [2.05, 4.69) is 34.9 Å². The Bertz CT molecular complexity index is 2230. The molecule has 0 saturated carbocycles. The Morgan fingerprint density at radius 1 is 0.982 bits per heavy atom. The lowest BCUT2D eigenvalue weighted by Crippen LogP contribution is -2.33. The number of nitrogens with zero attached hydrogens (tertiary/aromatic N) is 6. The summed E-state index contributed by atoms with van der Waals surface area (Å²) in [5.74, 6) is -0.296. The molecular weight excluding hydrogens is 764 g/mol. The molecule has 0 spiro atoms. The van der Waals surface area contributed by atoms with E-state index in [9.17, 15) is 38.7 Å². The van der Waals surface area contributed by atoms with Crippen molar-refractivity contribution in [1.82, 2.24) is 39.8 Å². The van der Waals surface area contributed by atoms with Crippen LogP contribution in [0.25, 0.3) is 22.3 Å². The summed E-state index contributed by atoms with van der Waals surface area (Å²) in [5, 5.41) is 31.7. The average Bonchev–Trinajstić information content (AvgIpc) is 3.86. The highest BCUT2D eigenvalue weighted by Crippen LogP contribution is 2.60. The van der Waals surface area contributed by atoms with Gasteiger partial charge in [0.25, 0.3) is 5.56 Å². The van der Waals surface area contributed by atoms with Gasteiger partial charge < -0.3 is 35.8 Å². The number of fused-ring (bicyclic) bond motifs is 1. The van der Waals surface area contributed by atoms with Gasteiger partial charge in [0.05, 0.1) is 19.1 Å². The van der Waals surface area contributed by atoms with Gasteiger partial charge in [0.15, 0.2) is 17.4 Å². The van der Waals surface area contributed by atoms with Crippen LogP contribution in [0.2, 0.25) is 0 Å². The van der Waals surface area contributed by atoms with E-state index in [1.807, 2.05) is 54.6 Å². The third-order valence-corrected chi connectivity index (χ3v) is 11.1. The molecule has 294 valence electrons. The lowest BCUT2D eigenvalue weighted by Gasteiger charge is -2.19. The number of aliphatic hydroxyl groups excluding tert-OH is 2. The molecule has 1 aliphatic heterocycles. The van der Waals surface area contributed by atoms with Crippen LogP contribution in [0.4, 0.5) is 5.95 Å². The quantitative estimate of drug-likeness (QED) is 0.0491. The number of nitrogens with two attached hydrogens (primary N) is 1. The van der Waals surface area contributed by atoms with Crippen molar-refractivity contribution < 1.29 is 52.0 Å². The normalized spacial score (nSPS) is 20.7. The molecule has 0 bridgehead atoms. The first kappa shape index (κ1) is 40.0. The minimum Gasteiger partial charge on any atom is -0.387 e. The predicted octanol–water partition coefficient (Wildman–Crippen LogP) is 1.91. The Morgan fingerprint density at radius 3 is 2.47 bits per heavy atom. The van der Waals surface area contributed by atoms with Crippen LogP contribution in [-0.2, 0) is 51.7 Å². The molecule has 23 heteroatoms. The van der Waals surface area contributed by atoms with Crippen molar-refractivity contribution >= 4 is 38.7 Å². The topological polar surface area (TPSA) is 301 Å². The van der Waals surface area contributed by atoms with Gasteiger partial charge in [0, 0.05) is 19.5 Å². The molecule has 5 aromatic rings. The summed E-state index contributed by atoms with van der Waals surface area (Å²) >= 11 is 0. The third-order valence-electron chi connectivity index (χ3n) is 8.47. The highest BCUT2D eigenvalue weighted by Gasteiger charge is 2.46. The predicted molar refractivity (Wildman–Crippen MR) is 192 cm³/mol.